The topological polar surface area (TPSA) is 95.5 Å². The van der Waals surface area contributed by atoms with Gasteiger partial charge in [-0.15, -0.1) is 0 Å². The Morgan fingerprint density at radius 3 is 2.12 bits per heavy atom. The third-order valence-electron chi connectivity index (χ3n) is 4.12. The van der Waals surface area contributed by atoms with E-state index in [4.69, 9.17) is 5.11 Å². The number of carbonyl (C=O) groups excluding carboxylic acids is 2. The fourth-order valence-corrected chi connectivity index (χ4v) is 2.65. The highest BCUT2D eigenvalue weighted by molar-refractivity contribution is 5.87. The Morgan fingerprint density at radius 1 is 0.923 bits per heavy atom. The number of aliphatic carboxylic acids is 1. The van der Waals surface area contributed by atoms with Crippen LogP contribution in [0.2, 0.25) is 0 Å². The van der Waals surface area contributed by atoms with Crippen molar-refractivity contribution in [2.45, 2.75) is 85.6 Å². The molecule has 0 saturated heterocycles. The van der Waals surface area contributed by atoms with Crippen molar-refractivity contribution in [3.63, 3.8) is 0 Å². The normalized spacial score (nSPS) is 11.8. The van der Waals surface area contributed by atoms with Gasteiger partial charge in [0.25, 0.3) is 0 Å². The Morgan fingerprint density at radius 2 is 1.58 bits per heavy atom. The first kappa shape index (κ1) is 24.1. The summed E-state index contributed by atoms with van der Waals surface area (Å²) in [7, 11) is 0. The van der Waals surface area contributed by atoms with Crippen molar-refractivity contribution in [1.29, 1.82) is 0 Å². The highest BCUT2D eigenvalue weighted by atomic mass is 16.4. The minimum Gasteiger partial charge on any atom is -0.478 e. The molecule has 0 bridgehead atoms. The summed E-state index contributed by atoms with van der Waals surface area (Å²) >= 11 is 0. The zero-order valence-electron chi connectivity index (χ0n) is 17.0. The minimum atomic E-state index is -0.902. The van der Waals surface area contributed by atoms with Gasteiger partial charge in [0.15, 0.2) is 0 Å². The molecule has 26 heavy (non-hydrogen) atoms. The van der Waals surface area contributed by atoms with Crippen LogP contribution in [0.4, 0.5) is 0 Å². The van der Waals surface area contributed by atoms with Gasteiger partial charge in [-0.25, -0.2) is 4.79 Å². The molecule has 2 amide bonds. The third-order valence-corrected chi connectivity index (χ3v) is 4.12. The Labute approximate surface area is 157 Å². The number of hydrogen-bond acceptors (Lipinski definition) is 3. The van der Waals surface area contributed by atoms with Crippen LogP contribution in [-0.2, 0) is 14.4 Å². The molecule has 0 aliphatic rings. The van der Waals surface area contributed by atoms with E-state index in [2.05, 4.69) is 24.5 Å². The molecule has 0 radical (unpaired) electrons. The van der Waals surface area contributed by atoms with Gasteiger partial charge < -0.3 is 15.7 Å². The number of allylic oxidation sites excluding steroid dienone is 1. The molecule has 6 nitrogen and oxygen atoms in total. The highest BCUT2D eigenvalue weighted by Gasteiger charge is 2.12. The molecule has 1 unspecified atom stereocenters. The first-order valence-corrected chi connectivity index (χ1v) is 9.59. The maximum atomic E-state index is 11.9. The molecule has 0 spiro atoms. The SMILES string of the molecule is CC(C)=C(CCCNC(=O)CC(C)NC(=O)CCCCC(C)C)C(=O)O. The van der Waals surface area contributed by atoms with E-state index in [0.717, 1.165) is 24.8 Å². The van der Waals surface area contributed by atoms with Crippen molar-refractivity contribution >= 4 is 17.8 Å². The second-order valence-electron chi connectivity index (χ2n) is 7.55. The van der Waals surface area contributed by atoms with Crippen molar-refractivity contribution < 1.29 is 19.5 Å². The van der Waals surface area contributed by atoms with Crippen molar-refractivity contribution in [2.24, 2.45) is 5.92 Å². The lowest BCUT2D eigenvalue weighted by atomic mass is 10.1. The molecule has 0 saturated carbocycles. The predicted octanol–water partition coefficient (Wildman–Crippen LogP) is 3.42. The number of unbranched alkanes of at least 4 members (excludes halogenated alkanes) is 1. The van der Waals surface area contributed by atoms with E-state index < -0.39 is 5.97 Å². The average molecular weight is 369 g/mol. The molecular formula is C20H36N2O4. The van der Waals surface area contributed by atoms with Crippen LogP contribution in [0, 0.1) is 5.92 Å². The minimum absolute atomic E-state index is 0.0104. The van der Waals surface area contributed by atoms with E-state index in [9.17, 15) is 14.4 Å². The fraction of sp³-hybridized carbons (Fsp3) is 0.750. The third kappa shape index (κ3) is 12.5. The first-order chi connectivity index (χ1) is 12.1. The average Bonchev–Trinajstić information content (AvgIpc) is 2.50. The largest absolute Gasteiger partial charge is 0.478 e. The second-order valence-corrected chi connectivity index (χ2v) is 7.55. The van der Waals surface area contributed by atoms with Crippen LogP contribution >= 0.6 is 0 Å². The molecule has 0 aliphatic carbocycles. The molecule has 0 heterocycles. The lowest BCUT2D eigenvalue weighted by Crippen LogP contribution is -2.37. The number of carboxylic acids is 1. The van der Waals surface area contributed by atoms with Crippen molar-refractivity contribution in [2.75, 3.05) is 6.54 Å². The fourth-order valence-electron chi connectivity index (χ4n) is 2.65. The van der Waals surface area contributed by atoms with Crippen LogP contribution in [0.15, 0.2) is 11.1 Å². The summed E-state index contributed by atoms with van der Waals surface area (Å²) in [6, 6.07) is -0.208. The van der Waals surface area contributed by atoms with Gasteiger partial charge in [0.1, 0.15) is 0 Å². The summed E-state index contributed by atoms with van der Waals surface area (Å²) in [5.41, 5.74) is 1.19. The van der Waals surface area contributed by atoms with Gasteiger partial charge in [0.05, 0.1) is 0 Å². The Bertz CT molecular complexity index is 494. The quantitative estimate of drug-likeness (QED) is 0.343. The van der Waals surface area contributed by atoms with Crippen molar-refractivity contribution in [1.82, 2.24) is 10.6 Å². The predicted molar refractivity (Wildman–Crippen MR) is 104 cm³/mol. The molecule has 150 valence electrons. The second kappa shape index (κ2) is 13.4. The van der Waals surface area contributed by atoms with Crippen LogP contribution in [0.25, 0.3) is 0 Å². The Balaban J connectivity index is 3.93. The van der Waals surface area contributed by atoms with E-state index >= 15 is 0 Å². The number of carboxylic acid groups (broad SMARTS) is 1. The van der Waals surface area contributed by atoms with Crippen molar-refractivity contribution in [3.8, 4) is 0 Å². The van der Waals surface area contributed by atoms with E-state index in [1.54, 1.807) is 13.8 Å². The number of nitrogens with one attached hydrogen (secondary N) is 2. The monoisotopic (exact) mass is 368 g/mol. The molecule has 3 N–H and O–H groups in total. The van der Waals surface area contributed by atoms with Gasteiger partial charge in [-0.3, -0.25) is 9.59 Å². The van der Waals surface area contributed by atoms with Gasteiger partial charge in [-0.1, -0.05) is 32.3 Å². The summed E-state index contributed by atoms with van der Waals surface area (Å²) in [4.78, 5) is 34.8. The summed E-state index contributed by atoms with van der Waals surface area (Å²) < 4.78 is 0. The van der Waals surface area contributed by atoms with E-state index in [0.29, 0.717) is 37.3 Å². The Hall–Kier alpha value is -1.85. The smallest absolute Gasteiger partial charge is 0.331 e. The van der Waals surface area contributed by atoms with Crippen LogP contribution < -0.4 is 10.6 Å². The van der Waals surface area contributed by atoms with Gasteiger partial charge in [0.2, 0.25) is 11.8 Å². The van der Waals surface area contributed by atoms with Gasteiger partial charge >= 0.3 is 5.97 Å². The zero-order valence-corrected chi connectivity index (χ0v) is 17.0. The molecule has 1 atom stereocenters. The molecular weight excluding hydrogens is 332 g/mol. The lowest BCUT2D eigenvalue weighted by Gasteiger charge is -2.14. The lowest BCUT2D eigenvalue weighted by molar-refractivity contribution is -0.133. The number of carbonyl (C=O) groups is 3. The Kier molecular flexibility index (Phi) is 12.4. The van der Waals surface area contributed by atoms with Crippen LogP contribution in [0.5, 0.6) is 0 Å². The van der Waals surface area contributed by atoms with Crippen LogP contribution in [-0.4, -0.2) is 35.5 Å². The first-order valence-electron chi connectivity index (χ1n) is 9.59. The van der Waals surface area contributed by atoms with Gasteiger partial charge in [-0.05, 0) is 46.0 Å². The summed E-state index contributed by atoms with van der Waals surface area (Å²) in [5, 5.41) is 14.7. The van der Waals surface area contributed by atoms with Gasteiger partial charge in [-0.2, -0.15) is 0 Å². The van der Waals surface area contributed by atoms with Crippen LogP contribution in [0.1, 0.15) is 79.6 Å². The molecule has 0 aromatic rings. The van der Waals surface area contributed by atoms with Crippen LogP contribution in [0.3, 0.4) is 0 Å². The maximum absolute atomic E-state index is 11.9. The molecule has 0 aromatic carbocycles. The van der Waals surface area contributed by atoms with Crippen molar-refractivity contribution in [3.05, 3.63) is 11.1 Å². The standard InChI is InChI=1S/C20H36N2O4/c1-14(2)9-6-7-11-18(23)22-16(5)13-19(24)21-12-8-10-17(15(3)4)20(25)26/h14,16H,6-13H2,1-5H3,(H,21,24)(H,22,23)(H,25,26). The molecule has 6 heteroatoms. The highest BCUT2D eigenvalue weighted by Crippen LogP contribution is 2.10. The molecule has 0 rings (SSSR count). The van der Waals surface area contributed by atoms with E-state index in [1.807, 2.05) is 6.92 Å². The summed E-state index contributed by atoms with van der Waals surface area (Å²) in [6.07, 6.45) is 4.78. The maximum Gasteiger partial charge on any atom is 0.331 e. The van der Waals surface area contributed by atoms with E-state index in [1.165, 1.54) is 0 Å². The molecule has 0 aromatic heterocycles. The molecule has 0 aliphatic heterocycles. The summed E-state index contributed by atoms with van der Waals surface area (Å²) in [6.45, 7) is 10.1. The number of amides is 2. The zero-order chi connectivity index (χ0) is 20.1. The van der Waals surface area contributed by atoms with E-state index in [-0.39, 0.29) is 24.3 Å². The van der Waals surface area contributed by atoms with Gasteiger partial charge in [0, 0.05) is 31.0 Å². The number of rotatable bonds is 13. The number of hydrogen-bond donors (Lipinski definition) is 3. The summed E-state index contributed by atoms with van der Waals surface area (Å²) in [5.74, 6) is -0.388. The molecule has 0 fully saturated rings.